The van der Waals surface area contributed by atoms with Crippen LogP contribution >= 0.6 is 0 Å². The second kappa shape index (κ2) is 5.53. The fraction of sp³-hybridized carbons (Fsp3) is 0.0952. The summed E-state index contributed by atoms with van der Waals surface area (Å²) in [5.74, 6) is 0.235. The van der Waals surface area contributed by atoms with Gasteiger partial charge < -0.3 is 9.15 Å². The van der Waals surface area contributed by atoms with Gasteiger partial charge in [-0.15, -0.1) is 0 Å². The van der Waals surface area contributed by atoms with E-state index < -0.39 is 0 Å². The molecule has 1 aromatic heterocycles. The molecular weight excluding hydrogens is 300 g/mol. The van der Waals surface area contributed by atoms with Crippen molar-refractivity contribution in [2.45, 2.75) is 13.8 Å². The van der Waals surface area contributed by atoms with E-state index in [0.717, 1.165) is 38.6 Å². The molecule has 0 spiro atoms. The lowest BCUT2D eigenvalue weighted by Gasteiger charge is -2.12. The lowest BCUT2D eigenvalue weighted by molar-refractivity contribution is -0.131. The zero-order valence-corrected chi connectivity index (χ0v) is 13.5. The molecule has 0 fully saturated rings. The van der Waals surface area contributed by atoms with E-state index in [2.05, 4.69) is 0 Å². The van der Waals surface area contributed by atoms with Crippen LogP contribution in [0.15, 0.2) is 65.1 Å². The van der Waals surface area contributed by atoms with Crippen molar-refractivity contribution in [2.75, 3.05) is 0 Å². The number of ether oxygens (including phenoxy) is 1. The zero-order valence-electron chi connectivity index (χ0n) is 13.5. The Balaban J connectivity index is 2.12. The average molecular weight is 316 g/mol. The maximum atomic E-state index is 11.7. The number of hydrogen-bond donors (Lipinski definition) is 0. The molecule has 3 heteroatoms. The first kappa shape index (κ1) is 14.5. The van der Waals surface area contributed by atoms with Crippen LogP contribution in [-0.4, -0.2) is 5.97 Å². The summed E-state index contributed by atoms with van der Waals surface area (Å²) in [5.41, 5.74) is 4.49. The number of esters is 1. The van der Waals surface area contributed by atoms with Crippen LogP contribution in [0.1, 0.15) is 12.5 Å². The third kappa shape index (κ3) is 2.26. The summed E-state index contributed by atoms with van der Waals surface area (Å²) in [6.07, 6.45) is 0. The van der Waals surface area contributed by atoms with E-state index in [4.69, 9.17) is 9.15 Å². The van der Waals surface area contributed by atoms with Crippen molar-refractivity contribution in [1.82, 2.24) is 0 Å². The molecule has 4 aromatic rings. The fourth-order valence-electron chi connectivity index (χ4n) is 3.14. The molecule has 0 unspecified atom stereocenters. The minimum Gasteiger partial charge on any atom is -0.456 e. The molecule has 118 valence electrons. The molecule has 0 N–H and O–H groups in total. The lowest BCUT2D eigenvalue weighted by atomic mass is 9.97. The maximum Gasteiger partial charge on any atom is 0.308 e. The molecule has 3 aromatic carbocycles. The highest BCUT2D eigenvalue weighted by molar-refractivity contribution is 6.11. The van der Waals surface area contributed by atoms with Gasteiger partial charge in [0.2, 0.25) is 0 Å². The van der Waals surface area contributed by atoms with Gasteiger partial charge in [0.05, 0.1) is 5.39 Å². The predicted octanol–water partition coefficient (Wildman–Crippen LogP) is 5.49. The van der Waals surface area contributed by atoms with Crippen molar-refractivity contribution in [3.8, 4) is 16.9 Å². The van der Waals surface area contributed by atoms with Crippen LogP contribution in [-0.2, 0) is 4.79 Å². The van der Waals surface area contributed by atoms with E-state index in [1.54, 1.807) is 0 Å². The van der Waals surface area contributed by atoms with Gasteiger partial charge in [-0.1, -0.05) is 48.5 Å². The van der Waals surface area contributed by atoms with Crippen LogP contribution in [0.3, 0.4) is 0 Å². The molecule has 0 saturated carbocycles. The Morgan fingerprint density at radius 1 is 0.958 bits per heavy atom. The highest BCUT2D eigenvalue weighted by atomic mass is 16.5. The Labute approximate surface area is 139 Å². The minimum absolute atomic E-state index is 0.338. The van der Waals surface area contributed by atoms with Crippen LogP contribution in [0.25, 0.3) is 33.1 Å². The lowest BCUT2D eigenvalue weighted by Crippen LogP contribution is -2.04. The predicted molar refractivity (Wildman–Crippen MR) is 95.2 cm³/mol. The zero-order chi connectivity index (χ0) is 16.7. The van der Waals surface area contributed by atoms with E-state index in [9.17, 15) is 4.79 Å². The number of fused-ring (bicyclic) bond motifs is 3. The second-order valence-corrected chi connectivity index (χ2v) is 5.81. The van der Waals surface area contributed by atoms with Crippen LogP contribution in [0.5, 0.6) is 5.75 Å². The average Bonchev–Trinajstić information content (AvgIpc) is 2.96. The Morgan fingerprint density at radius 3 is 2.42 bits per heavy atom. The van der Waals surface area contributed by atoms with Gasteiger partial charge in [0.15, 0.2) is 0 Å². The minimum atomic E-state index is -0.338. The molecule has 3 nitrogen and oxygen atoms in total. The summed E-state index contributed by atoms with van der Waals surface area (Å²) in [5, 5.41) is 1.80. The topological polar surface area (TPSA) is 39.4 Å². The van der Waals surface area contributed by atoms with Gasteiger partial charge in [0, 0.05) is 17.9 Å². The summed E-state index contributed by atoms with van der Waals surface area (Å²) in [6, 6.07) is 19.8. The number of carbonyl (C=O) groups excluding carboxylic acids is 1. The van der Waals surface area contributed by atoms with Crippen LogP contribution in [0, 0.1) is 6.92 Å². The summed E-state index contributed by atoms with van der Waals surface area (Å²) >= 11 is 0. The molecule has 0 atom stereocenters. The molecule has 1 heterocycles. The SMILES string of the molecule is CC(=O)Oc1c(C)c(-c2ccccc2)cc2oc3ccccc3c12. The quantitative estimate of drug-likeness (QED) is 0.363. The third-order valence-electron chi connectivity index (χ3n) is 4.20. The fourth-order valence-corrected chi connectivity index (χ4v) is 3.14. The highest BCUT2D eigenvalue weighted by Gasteiger charge is 2.19. The van der Waals surface area contributed by atoms with Crippen molar-refractivity contribution >= 4 is 27.9 Å². The van der Waals surface area contributed by atoms with Crippen LogP contribution < -0.4 is 4.74 Å². The number of rotatable bonds is 2. The summed E-state index contributed by atoms with van der Waals surface area (Å²) in [7, 11) is 0. The highest BCUT2D eigenvalue weighted by Crippen LogP contribution is 2.42. The first-order chi connectivity index (χ1) is 11.6. The third-order valence-corrected chi connectivity index (χ3v) is 4.20. The van der Waals surface area contributed by atoms with Gasteiger partial charge in [0.25, 0.3) is 0 Å². The number of hydrogen-bond acceptors (Lipinski definition) is 3. The van der Waals surface area contributed by atoms with Crippen molar-refractivity contribution < 1.29 is 13.9 Å². The summed E-state index contributed by atoms with van der Waals surface area (Å²) in [6.45, 7) is 3.39. The Hall–Kier alpha value is -3.07. The van der Waals surface area contributed by atoms with Gasteiger partial charge in [-0.3, -0.25) is 4.79 Å². The van der Waals surface area contributed by atoms with Gasteiger partial charge in [-0.2, -0.15) is 0 Å². The normalized spacial score (nSPS) is 11.1. The van der Waals surface area contributed by atoms with Crippen molar-refractivity contribution in [3.05, 3.63) is 66.2 Å². The van der Waals surface area contributed by atoms with Crippen LogP contribution in [0.4, 0.5) is 0 Å². The van der Waals surface area contributed by atoms with Gasteiger partial charge in [-0.05, 0) is 30.2 Å². The Morgan fingerprint density at radius 2 is 1.67 bits per heavy atom. The monoisotopic (exact) mass is 316 g/mol. The van der Waals surface area contributed by atoms with Crippen molar-refractivity contribution in [3.63, 3.8) is 0 Å². The number of furan rings is 1. The van der Waals surface area contributed by atoms with E-state index in [1.165, 1.54) is 6.92 Å². The molecule has 0 aliphatic heterocycles. The molecule has 0 bridgehead atoms. The van der Waals surface area contributed by atoms with Gasteiger partial charge in [0.1, 0.15) is 16.9 Å². The van der Waals surface area contributed by atoms with E-state index in [1.807, 2.05) is 67.6 Å². The standard InChI is InChI=1S/C21H16O3/c1-13-17(15-8-4-3-5-9-15)12-19-20(21(13)23-14(2)22)16-10-6-7-11-18(16)24-19/h3-12H,1-2H3. The van der Waals surface area contributed by atoms with Gasteiger partial charge >= 0.3 is 5.97 Å². The number of benzene rings is 3. The smallest absolute Gasteiger partial charge is 0.308 e. The van der Waals surface area contributed by atoms with E-state index in [-0.39, 0.29) is 5.97 Å². The van der Waals surface area contributed by atoms with Crippen molar-refractivity contribution in [1.29, 1.82) is 0 Å². The molecule has 4 rings (SSSR count). The van der Waals surface area contributed by atoms with Crippen LogP contribution in [0.2, 0.25) is 0 Å². The molecular formula is C21H16O3. The molecule has 24 heavy (non-hydrogen) atoms. The number of para-hydroxylation sites is 1. The van der Waals surface area contributed by atoms with Gasteiger partial charge in [-0.25, -0.2) is 0 Å². The van der Waals surface area contributed by atoms with E-state index >= 15 is 0 Å². The molecule has 0 amide bonds. The summed E-state index contributed by atoms with van der Waals surface area (Å²) in [4.78, 5) is 11.7. The molecule has 0 aliphatic rings. The van der Waals surface area contributed by atoms with Crippen molar-refractivity contribution in [2.24, 2.45) is 0 Å². The van der Waals surface area contributed by atoms with E-state index in [0.29, 0.717) is 5.75 Å². The molecule has 0 saturated heterocycles. The Kier molecular flexibility index (Phi) is 3.35. The first-order valence-corrected chi connectivity index (χ1v) is 7.84. The second-order valence-electron chi connectivity index (χ2n) is 5.81. The molecule has 0 radical (unpaired) electrons. The largest absolute Gasteiger partial charge is 0.456 e. The molecule has 0 aliphatic carbocycles. The number of carbonyl (C=O) groups is 1. The Bertz CT molecular complexity index is 1060. The first-order valence-electron chi connectivity index (χ1n) is 7.84. The maximum absolute atomic E-state index is 11.7. The summed E-state index contributed by atoms with van der Waals surface area (Å²) < 4.78 is 11.6.